The van der Waals surface area contributed by atoms with Gasteiger partial charge in [-0.25, -0.2) is 0 Å². The van der Waals surface area contributed by atoms with E-state index in [1.165, 1.54) is 0 Å². The predicted molar refractivity (Wildman–Crippen MR) is 30.7 cm³/mol. The van der Waals surface area contributed by atoms with E-state index in [4.69, 9.17) is 4.55 Å². The van der Waals surface area contributed by atoms with Gasteiger partial charge in [0.1, 0.15) is 0 Å². The Morgan fingerprint density at radius 1 is 1.38 bits per heavy atom. The molecule has 0 aromatic carbocycles. The first-order valence-electron chi connectivity index (χ1n) is 1.19. The van der Waals surface area contributed by atoms with Crippen molar-refractivity contribution in [2.75, 3.05) is 0 Å². The molecule has 8 heavy (non-hydrogen) atoms. The van der Waals surface area contributed by atoms with Gasteiger partial charge in [-0.15, -0.1) is 0 Å². The van der Waals surface area contributed by atoms with Crippen LogP contribution >= 0.6 is 23.2 Å². The number of hydrogen-bond donors (Lipinski definition) is 1. The van der Waals surface area contributed by atoms with Gasteiger partial charge in [0.15, 0.2) is 0 Å². The van der Waals surface area contributed by atoms with Crippen molar-refractivity contribution in [3.05, 3.63) is 0 Å². The molecule has 4 nitrogen and oxygen atoms in total. The molecule has 52 valence electrons. The van der Waals surface area contributed by atoms with Gasteiger partial charge in [-0.3, -0.25) is 4.55 Å². The molecule has 0 aliphatic rings. The molecule has 0 aliphatic heterocycles. The fraction of sp³-hybridized carbons (Fsp3) is 1.00. The molecule has 0 aliphatic carbocycles. The van der Waals surface area contributed by atoms with Crippen molar-refractivity contribution in [3.8, 4) is 0 Å². The summed E-state index contributed by atoms with van der Waals surface area (Å²) in [6.07, 6.45) is 0. The molecule has 0 heterocycles. The third kappa shape index (κ3) is 4.61. The second-order valence-corrected chi connectivity index (χ2v) is 3.89. The summed E-state index contributed by atoms with van der Waals surface area (Å²) in [4.78, 5) is 0. The van der Waals surface area contributed by atoms with Gasteiger partial charge in [0, 0.05) is 0 Å². The van der Waals surface area contributed by atoms with E-state index in [1.807, 2.05) is 0 Å². The normalized spacial score (nSPS) is 11.0. The van der Waals surface area contributed by atoms with Gasteiger partial charge in [-0.2, -0.15) is 8.42 Å². The minimum atomic E-state index is -4.21. The molecule has 0 saturated carbocycles. The fourth-order valence-electron chi connectivity index (χ4n) is 0. The van der Waals surface area contributed by atoms with E-state index in [1.54, 1.807) is 0 Å². The average Bonchev–Trinajstić information content (AvgIpc) is 1.31. The quantitative estimate of drug-likeness (QED) is 0.451. The van der Waals surface area contributed by atoms with Gasteiger partial charge in [0.25, 0.3) is 10.1 Å². The van der Waals surface area contributed by atoms with Gasteiger partial charge in [-0.1, -0.05) is 23.2 Å². The van der Waals surface area contributed by atoms with Crippen LogP contribution < -0.4 is 0 Å². The van der Waals surface area contributed by atoms with E-state index in [9.17, 15) is 8.42 Å². The predicted octanol–water partition coefficient (Wildman–Crippen LogP) is -0.189. The van der Waals surface area contributed by atoms with E-state index in [0.717, 1.165) is 0 Å². The summed E-state index contributed by atoms with van der Waals surface area (Å²) < 4.78 is 25.3. The Balaban J connectivity index is 0. The molecule has 7 heteroatoms. The molecule has 0 atom stereocenters. The van der Waals surface area contributed by atoms with Gasteiger partial charge in [0.05, 0.1) is 0 Å². The summed E-state index contributed by atoms with van der Waals surface area (Å²) in [5, 5.41) is 0. The Bertz CT molecular complexity index is 136. The lowest BCUT2D eigenvalue weighted by Gasteiger charge is -1.89. The lowest BCUT2D eigenvalue weighted by molar-refractivity contribution is 0.486. The molecule has 0 bridgehead atoms. The molecule has 3 N–H and O–H groups in total. The molecule has 0 amide bonds. The zero-order valence-corrected chi connectivity index (χ0v) is 5.83. The van der Waals surface area contributed by atoms with Crippen molar-refractivity contribution in [2.45, 2.75) is 4.17 Å². The summed E-state index contributed by atoms with van der Waals surface area (Å²) >= 11 is 9.36. The van der Waals surface area contributed by atoms with Crippen LogP contribution in [0.25, 0.3) is 0 Å². The van der Waals surface area contributed by atoms with Crippen LogP contribution in [0.2, 0.25) is 0 Å². The molecule has 0 aromatic rings. The highest BCUT2D eigenvalue weighted by Gasteiger charge is 2.14. The SMILES string of the molecule is O.O=S(=O)(O)C(Cl)Cl. The van der Waals surface area contributed by atoms with Crippen LogP contribution in [0.1, 0.15) is 0 Å². The van der Waals surface area contributed by atoms with Crippen LogP contribution in [-0.2, 0) is 10.1 Å². The van der Waals surface area contributed by atoms with Gasteiger partial charge in [-0.05, 0) is 0 Å². The van der Waals surface area contributed by atoms with Crippen LogP contribution in [0, 0.1) is 0 Å². The third-order valence-electron chi connectivity index (χ3n) is 0.225. The van der Waals surface area contributed by atoms with Crippen molar-refractivity contribution in [2.24, 2.45) is 0 Å². The average molecular weight is 183 g/mol. The molecule has 0 radical (unpaired) electrons. The first-order chi connectivity index (χ1) is 2.94. The molecule has 0 fully saturated rings. The van der Waals surface area contributed by atoms with E-state index in [-0.39, 0.29) is 5.48 Å². The van der Waals surface area contributed by atoms with Gasteiger partial charge >= 0.3 is 0 Å². The largest absolute Gasteiger partial charge is 0.412 e. The third-order valence-corrected chi connectivity index (χ3v) is 2.03. The fourth-order valence-corrected chi connectivity index (χ4v) is 0. The number of rotatable bonds is 1. The van der Waals surface area contributed by atoms with Crippen LogP contribution in [0.4, 0.5) is 0 Å². The second kappa shape index (κ2) is 3.47. The Morgan fingerprint density at radius 3 is 1.50 bits per heavy atom. The summed E-state index contributed by atoms with van der Waals surface area (Å²) in [7, 11) is -4.21. The van der Waals surface area contributed by atoms with Crippen LogP contribution in [0.5, 0.6) is 0 Å². The highest BCUT2D eigenvalue weighted by molar-refractivity contribution is 7.89. The summed E-state index contributed by atoms with van der Waals surface area (Å²) in [6.45, 7) is 0. The lowest BCUT2D eigenvalue weighted by Crippen LogP contribution is -2.05. The molecule has 0 saturated heterocycles. The molecule has 0 rings (SSSR count). The Hall–Kier alpha value is 0.450. The van der Waals surface area contributed by atoms with E-state index < -0.39 is 14.3 Å². The standard InChI is InChI=1S/CH2Cl2O3S.H2O/c2-1(3)7(4,5)6;/h1H,(H,4,5,6);1H2. The van der Waals surface area contributed by atoms with Gasteiger partial charge in [0.2, 0.25) is 4.17 Å². The first-order valence-corrected chi connectivity index (χ1v) is 3.56. The number of alkyl halides is 2. The van der Waals surface area contributed by atoms with E-state index in [2.05, 4.69) is 23.2 Å². The topological polar surface area (TPSA) is 85.9 Å². The van der Waals surface area contributed by atoms with Crippen molar-refractivity contribution < 1.29 is 18.4 Å². The van der Waals surface area contributed by atoms with E-state index >= 15 is 0 Å². The maximum absolute atomic E-state index is 9.62. The Morgan fingerprint density at radius 2 is 1.50 bits per heavy atom. The van der Waals surface area contributed by atoms with Crippen molar-refractivity contribution in [1.29, 1.82) is 0 Å². The number of hydrogen-bond acceptors (Lipinski definition) is 2. The monoisotopic (exact) mass is 182 g/mol. The Kier molecular flexibility index (Phi) is 4.89. The van der Waals surface area contributed by atoms with Crippen molar-refractivity contribution in [3.63, 3.8) is 0 Å². The smallest absolute Gasteiger partial charge is 0.296 e. The zero-order chi connectivity index (χ0) is 6.08. The van der Waals surface area contributed by atoms with Crippen LogP contribution in [0.15, 0.2) is 0 Å². The first kappa shape index (κ1) is 11.3. The highest BCUT2D eigenvalue weighted by Crippen LogP contribution is 2.07. The van der Waals surface area contributed by atoms with Gasteiger partial charge < -0.3 is 5.48 Å². The number of halogens is 2. The van der Waals surface area contributed by atoms with Crippen LogP contribution in [-0.4, -0.2) is 22.6 Å². The molecular formula is CH4Cl2O4S. The minimum absolute atomic E-state index is 0. The van der Waals surface area contributed by atoms with Crippen LogP contribution in [0.3, 0.4) is 0 Å². The van der Waals surface area contributed by atoms with Crippen molar-refractivity contribution in [1.82, 2.24) is 0 Å². The molecule has 0 unspecified atom stereocenters. The summed E-state index contributed by atoms with van der Waals surface area (Å²) in [5.41, 5.74) is 0. The lowest BCUT2D eigenvalue weighted by atomic mass is 11.9. The minimum Gasteiger partial charge on any atom is -0.412 e. The molecule has 0 aromatic heterocycles. The van der Waals surface area contributed by atoms with E-state index in [0.29, 0.717) is 0 Å². The second-order valence-electron chi connectivity index (χ2n) is 0.776. The maximum Gasteiger partial charge on any atom is 0.296 e. The Labute approximate surface area is 56.5 Å². The maximum atomic E-state index is 9.62. The highest BCUT2D eigenvalue weighted by atomic mass is 35.5. The molecular weight excluding hydrogens is 179 g/mol. The summed E-state index contributed by atoms with van der Waals surface area (Å²) in [6, 6.07) is 0. The zero-order valence-electron chi connectivity index (χ0n) is 3.51. The molecule has 0 spiro atoms. The van der Waals surface area contributed by atoms with Crippen molar-refractivity contribution >= 4 is 33.3 Å². The summed E-state index contributed by atoms with van der Waals surface area (Å²) in [5.74, 6) is 0.